The number of hydrogen-bond acceptors (Lipinski definition) is 3. The Morgan fingerprint density at radius 3 is 2.73 bits per heavy atom. The van der Waals surface area contributed by atoms with Crippen molar-refractivity contribution in [3.05, 3.63) is 0 Å². The molecule has 0 aromatic rings. The van der Waals surface area contributed by atoms with Crippen molar-refractivity contribution >= 4 is 0 Å². The van der Waals surface area contributed by atoms with Gasteiger partial charge in [0.1, 0.15) is 0 Å². The Morgan fingerprint density at radius 2 is 2.13 bits per heavy atom. The van der Waals surface area contributed by atoms with Gasteiger partial charge in [0.2, 0.25) is 0 Å². The molecule has 2 atom stereocenters. The number of nitrogens with zero attached hydrogens (tertiary/aromatic N) is 2. The Hall–Kier alpha value is -0.120. The molecule has 0 saturated carbocycles. The molecular weight excluding hydrogens is 186 g/mol. The average Bonchev–Trinajstić information content (AvgIpc) is 2.36. The summed E-state index contributed by atoms with van der Waals surface area (Å²) in [4.78, 5) is 5.11. The van der Waals surface area contributed by atoms with E-state index in [1.54, 1.807) is 0 Å². The summed E-state index contributed by atoms with van der Waals surface area (Å²) < 4.78 is 0. The Morgan fingerprint density at radius 1 is 1.40 bits per heavy atom. The monoisotopic (exact) mass is 213 g/mol. The number of rotatable bonds is 4. The highest BCUT2D eigenvalue weighted by Crippen LogP contribution is 2.16. The second-order valence-electron chi connectivity index (χ2n) is 4.84. The fraction of sp³-hybridized carbons (Fsp3) is 1.00. The predicted molar refractivity (Wildman–Crippen MR) is 66.0 cm³/mol. The molecule has 0 aromatic heterocycles. The van der Waals surface area contributed by atoms with Crippen molar-refractivity contribution in [2.24, 2.45) is 5.73 Å². The maximum atomic E-state index is 5.69. The first kappa shape index (κ1) is 12.9. The van der Waals surface area contributed by atoms with E-state index in [0.717, 1.165) is 13.0 Å². The molecule has 0 aromatic carbocycles. The zero-order valence-corrected chi connectivity index (χ0v) is 10.6. The van der Waals surface area contributed by atoms with Gasteiger partial charge in [0.15, 0.2) is 0 Å². The highest BCUT2D eigenvalue weighted by Gasteiger charge is 2.24. The Bertz CT molecular complexity index is 172. The quantitative estimate of drug-likeness (QED) is 0.760. The summed E-state index contributed by atoms with van der Waals surface area (Å²) in [7, 11) is 2.23. The third-order valence-corrected chi connectivity index (χ3v) is 3.54. The maximum Gasteiger partial charge on any atom is 0.0197 e. The van der Waals surface area contributed by atoms with Gasteiger partial charge in [0.05, 0.1) is 0 Å². The molecule has 0 radical (unpaired) electrons. The summed E-state index contributed by atoms with van der Waals surface area (Å²) in [5.74, 6) is 0. The molecular formula is C12H27N3. The molecule has 0 spiro atoms. The van der Waals surface area contributed by atoms with Crippen molar-refractivity contribution in [2.45, 2.75) is 45.2 Å². The van der Waals surface area contributed by atoms with Crippen molar-refractivity contribution in [1.82, 2.24) is 9.80 Å². The number of likely N-dealkylation sites (N-methyl/N-ethyl adjacent to an activating group) is 1. The Labute approximate surface area is 94.6 Å². The van der Waals surface area contributed by atoms with E-state index in [4.69, 9.17) is 5.73 Å². The van der Waals surface area contributed by atoms with Gasteiger partial charge in [-0.15, -0.1) is 0 Å². The summed E-state index contributed by atoms with van der Waals surface area (Å²) in [5, 5.41) is 0. The normalized spacial score (nSPS) is 27.6. The van der Waals surface area contributed by atoms with Gasteiger partial charge < -0.3 is 10.6 Å². The summed E-state index contributed by atoms with van der Waals surface area (Å²) in [6.07, 6.45) is 3.66. The summed E-state index contributed by atoms with van der Waals surface area (Å²) in [6, 6.07) is 1.37. The molecule has 0 aliphatic carbocycles. The lowest BCUT2D eigenvalue weighted by molar-refractivity contribution is 0.133. The molecule has 3 heteroatoms. The summed E-state index contributed by atoms with van der Waals surface area (Å²) >= 11 is 0. The van der Waals surface area contributed by atoms with Gasteiger partial charge in [-0.2, -0.15) is 0 Å². The van der Waals surface area contributed by atoms with Crippen LogP contribution in [0.25, 0.3) is 0 Å². The molecule has 90 valence electrons. The van der Waals surface area contributed by atoms with Crippen LogP contribution in [-0.2, 0) is 0 Å². The molecule has 0 amide bonds. The average molecular weight is 213 g/mol. The SMILES string of the molecule is CCC(CCN)N1CCCN(C)CC1C. The van der Waals surface area contributed by atoms with E-state index in [2.05, 4.69) is 30.7 Å². The minimum absolute atomic E-state index is 0.675. The van der Waals surface area contributed by atoms with E-state index in [1.807, 2.05) is 0 Å². The van der Waals surface area contributed by atoms with Crippen molar-refractivity contribution in [3.8, 4) is 0 Å². The molecule has 1 aliphatic rings. The fourth-order valence-electron chi connectivity index (χ4n) is 2.73. The predicted octanol–water partition coefficient (Wildman–Crippen LogP) is 1.14. The number of hydrogen-bond donors (Lipinski definition) is 1. The molecule has 1 saturated heterocycles. The third-order valence-electron chi connectivity index (χ3n) is 3.54. The fourth-order valence-corrected chi connectivity index (χ4v) is 2.73. The lowest BCUT2D eigenvalue weighted by Gasteiger charge is -2.35. The second-order valence-corrected chi connectivity index (χ2v) is 4.84. The molecule has 1 heterocycles. The molecule has 1 aliphatic heterocycles. The highest BCUT2D eigenvalue weighted by atomic mass is 15.2. The smallest absolute Gasteiger partial charge is 0.0197 e. The van der Waals surface area contributed by atoms with E-state index in [1.165, 1.54) is 32.5 Å². The summed E-state index contributed by atoms with van der Waals surface area (Å²) in [6.45, 7) is 9.12. The topological polar surface area (TPSA) is 32.5 Å². The van der Waals surface area contributed by atoms with Crippen LogP contribution in [0, 0.1) is 0 Å². The van der Waals surface area contributed by atoms with E-state index in [-0.39, 0.29) is 0 Å². The van der Waals surface area contributed by atoms with Gasteiger partial charge >= 0.3 is 0 Å². The van der Waals surface area contributed by atoms with Crippen molar-refractivity contribution in [3.63, 3.8) is 0 Å². The van der Waals surface area contributed by atoms with E-state index >= 15 is 0 Å². The van der Waals surface area contributed by atoms with Crippen LogP contribution in [0.4, 0.5) is 0 Å². The standard InChI is InChI=1S/C12H27N3/c1-4-12(6-7-13)15-9-5-8-14(3)10-11(15)2/h11-12H,4-10,13H2,1-3H3. The largest absolute Gasteiger partial charge is 0.330 e. The van der Waals surface area contributed by atoms with Crippen LogP contribution in [0.5, 0.6) is 0 Å². The minimum Gasteiger partial charge on any atom is -0.330 e. The van der Waals surface area contributed by atoms with Crippen LogP contribution in [0.15, 0.2) is 0 Å². The van der Waals surface area contributed by atoms with Crippen LogP contribution < -0.4 is 5.73 Å². The first-order valence-electron chi connectivity index (χ1n) is 6.33. The van der Waals surface area contributed by atoms with Gasteiger partial charge in [-0.1, -0.05) is 6.92 Å². The Kier molecular flexibility index (Phi) is 5.58. The van der Waals surface area contributed by atoms with Gasteiger partial charge in [0, 0.05) is 18.6 Å². The minimum atomic E-state index is 0.675. The van der Waals surface area contributed by atoms with Crippen LogP contribution in [0.3, 0.4) is 0 Å². The highest BCUT2D eigenvalue weighted by molar-refractivity contribution is 4.81. The molecule has 2 unspecified atom stereocenters. The molecule has 2 N–H and O–H groups in total. The molecule has 1 rings (SSSR count). The van der Waals surface area contributed by atoms with Crippen LogP contribution >= 0.6 is 0 Å². The second kappa shape index (κ2) is 6.46. The van der Waals surface area contributed by atoms with Gasteiger partial charge in [-0.25, -0.2) is 0 Å². The van der Waals surface area contributed by atoms with E-state index < -0.39 is 0 Å². The first-order valence-corrected chi connectivity index (χ1v) is 6.33. The third kappa shape index (κ3) is 3.74. The molecule has 1 fully saturated rings. The maximum absolute atomic E-state index is 5.69. The Balaban J connectivity index is 2.56. The van der Waals surface area contributed by atoms with Gasteiger partial charge in [-0.3, -0.25) is 4.90 Å². The molecule has 3 nitrogen and oxygen atoms in total. The first-order chi connectivity index (χ1) is 7.19. The zero-order valence-electron chi connectivity index (χ0n) is 10.6. The lowest BCUT2D eigenvalue weighted by atomic mass is 10.1. The van der Waals surface area contributed by atoms with Crippen molar-refractivity contribution in [2.75, 3.05) is 33.2 Å². The van der Waals surface area contributed by atoms with Crippen molar-refractivity contribution < 1.29 is 0 Å². The zero-order chi connectivity index (χ0) is 11.3. The number of nitrogens with two attached hydrogens (primary N) is 1. The van der Waals surface area contributed by atoms with Crippen LogP contribution in [0.1, 0.15) is 33.1 Å². The lowest BCUT2D eigenvalue weighted by Crippen LogP contribution is -2.45. The van der Waals surface area contributed by atoms with E-state index in [9.17, 15) is 0 Å². The van der Waals surface area contributed by atoms with Gasteiger partial charge in [-0.05, 0) is 52.9 Å². The molecule has 15 heavy (non-hydrogen) atoms. The molecule has 0 bridgehead atoms. The summed E-state index contributed by atoms with van der Waals surface area (Å²) in [5.41, 5.74) is 5.69. The van der Waals surface area contributed by atoms with Crippen LogP contribution in [0.2, 0.25) is 0 Å². The van der Waals surface area contributed by atoms with Gasteiger partial charge in [0.25, 0.3) is 0 Å². The van der Waals surface area contributed by atoms with Crippen LogP contribution in [-0.4, -0.2) is 55.1 Å². The van der Waals surface area contributed by atoms with Crippen molar-refractivity contribution in [1.29, 1.82) is 0 Å². The van der Waals surface area contributed by atoms with E-state index in [0.29, 0.717) is 12.1 Å².